The quantitative estimate of drug-likeness (QED) is 0.645. The van der Waals surface area contributed by atoms with Crippen molar-refractivity contribution in [2.75, 3.05) is 6.54 Å². The molecule has 0 bridgehead atoms. The highest BCUT2D eigenvalue weighted by atomic mass is 16.2. The summed E-state index contributed by atoms with van der Waals surface area (Å²) in [7, 11) is 0. The van der Waals surface area contributed by atoms with Crippen LogP contribution in [0.25, 0.3) is 0 Å². The lowest BCUT2D eigenvalue weighted by Crippen LogP contribution is -2.40. The molecule has 0 radical (unpaired) electrons. The summed E-state index contributed by atoms with van der Waals surface area (Å²) in [5.74, 6) is 0.405. The van der Waals surface area contributed by atoms with E-state index in [0.717, 1.165) is 19.4 Å². The Kier molecular flexibility index (Phi) is 5.76. The summed E-state index contributed by atoms with van der Waals surface area (Å²) in [6.45, 7) is 11.1. The number of carbonyl (C=O) groups is 1. The van der Waals surface area contributed by atoms with Gasteiger partial charge in [-0.3, -0.25) is 4.79 Å². The van der Waals surface area contributed by atoms with Gasteiger partial charge in [0.2, 0.25) is 5.91 Å². The zero-order valence-corrected chi connectivity index (χ0v) is 9.63. The van der Waals surface area contributed by atoms with Crippen LogP contribution in [0.15, 0.2) is 0 Å². The molecule has 2 nitrogen and oxygen atoms in total. The number of rotatable bonds is 5. The monoisotopic (exact) mass is 185 g/mol. The van der Waals surface area contributed by atoms with Crippen molar-refractivity contribution in [2.24, 2.45) is 5.92 Å². The van der Waals surface area contributed by atoms with Crippen molar-refractivity contribution < 1.29 is 4.79 Å². The minimum atomic E-state index is 0.124. The van der Waals surface area contributed by atoms with Gasteiger partial charge in [0, 0.05) is 18.5 Å². The zero-order chi connectivity index (χ0) is 10.4. The highest BCUT2D eigenvalue weighted by Gasteiger charge is 2.18. The van der Waals surface area contributed by atoms with Crippen LogP contribution in [0.4, 0.5) is 0 Å². The van der Waals surface area contributed by atoms with Gasteiger partial charge in [-0.1, -0.05) is 27.2 Å². The van der Waals surface area contributed by atoms with Crippen molar-refractivity contribution in [3.8, 4) is 0 Å². The molecule has 0 spiro atoms. The van der Waals surface area contributed by atoms with Crippen molar-refractivity contribution in [1.82, 2.24) is 4.90 Å². The van der Waals surface area contributed by atoms with Crippen LogP contribution in [0.2, 0.25) is 0 Å². The summed E-state index contributed by atoms with van der Waals surface area (Å²) in [5, 5.41) is 0. The highest BCUT2D eigenvalue weighted by Crippen LogP contribution is 2.07. The molecule has 0 aromatic carbocycles. The standard InChI is InChI=1S/C11H23NO/c1-6-7-8-12(10(4)5)11(13)9(2)3/h9-10H,6-8H2,1-5H3. The Morgan fingerprint density at radius 1 is 1.23 bits per heavy atom. The number of hydrogen-bond acceptors (Lipinski definition) is 1. The van der Waals surface area contributed by atoms with Gasteiger partial charge in [0.05, 0.1) is 0 Å². The summed E-state index contributed by atoms with van der Waals surface area (Å²) in [5.41, 5.74) is 0. The number of unbranched alkanes of at least 4 members (excludes halogenated alkanes) is 1. The van der Waals surface area contributed by atoms with Crippen molar-refractivity contribution in [3.05, 3.63) is 0 Å². The largest absolute Gasteiger partial charge is 0.340 e. The van der Waals surface area contributed by atoms with Crippen molar-refractivity contribution >= 4 is 5.91 Å². The van der Waals surface area contributed by atoms with E-state index in [0.29, 0.717) is 6.04 Å². The number of amides is 1. The van der Waals surface area contributed by atoms with Gasteiger partial charge in [-0.05, 0) is 20.3 Å². The van der Waals surface area contributed by atoms with E-state index in [-0.39, 0.29) is 11.8 Å². The molecule has 0 saturated carbocycles. The molecule has 0 rings (SSSR count). The van der Waals surface area contributed by atoms with Crippen LogP contribution in [0.1, 0.15) is 47.5 Å². The molecule has 0 aliphatic heterocycles. The molecule has 0 aromatic rings. The second-order valence-corrected chi connectivity index (χ2v) is 4.13. The Balaban J connectivity index is 4.16. The third kappa shape index (κ3) is 4.30. The molecule has 0 aliphatic rings. The Hall–Kier alpha value is -0.530. The van der Waals surface area contributed by atoms with Gasteiger partial charge in [-0.2, -0.15) is 0 Å². The van der Waals surface area contributed by atoms with Crippen molar-refractivity contribution in [3.63, 3.8) is 0 Å². The summed E-state index contributed by atoms with van der Waals surface area (Å²) in [6, 6.07) is 0.335. The van der Waals surface area contributed by atoms with Gasteiger partial charge in [0.25, 0.3) is 0 Å². The van der Waals surface area contributed by atoms with Crippen LogP contribution < -0.4 is 0 Å². The smallest absolute Gasteiger partial charge is 0.225 e. The van der Waals surface area contributed by atoms with E-state index in [1.807, 2.05) is 18.7 Å². The summed E-state index contributed by atoms with van der Waals surface area (Å²) in [4.78, 5) is 13.7. The number of carbonyl (C=O) groups excluding carboxylic acids is 1. The number of nitrogens with zero attached hydrogens (tertiary/aromatic N) is 1. The SMILES string of the molecule is CCCCN(C(=O)C(C)C)C(C)C. The second-order valence-electron chi connectivity index (χ2n) is 4.13. The molecular weight excluding hydrogens is 162 g/mol. The van der Waals surface area contributed by atoms with E-state index in [2.05, 4.69) is 20.8 Å². The van der Waals surface area contributed by atoms with Gasteiger partial charge >= 0.3 is 0 Å². The maximum absolute atomic E-state index is 11.7. The van der Waals surface area contributed by atoms with Gasteiger partial charge in [0.15, 0.2) is 0 Å². The van der Waals surface area contributed by atoms with Crippen LogP contribution in [-0.2, 0) is 4.79 Å². The van der Waals surface area contributed by atoms with E-state index in [4.69, 9.17) is 0 Å². The van der Waals surface area contributed by atoms with E-state index in [9.17, 15) is 4.79 Å². The average molecular weight is 185 g/mol. The normalized spacial score (nSPS) is 11.0. The molecule has 0 aromatic heterocycles. The molecule has 0 saturated heterocycles. The molecule has 0 heterocycles. The fourth-order valence-corrected chi connectivity index (χ4v) is 1.28. The molecule has 2 heteroatoms. The van der Waals surface area contributed by atoms with Crippen LogP contribution in [-0.4, -0.2) is 23.4 Å². The van der Waals surface area contributed by atoms with Crippen LogP contribution in [0, 0.1) is 5.92 Å². The van der Waals surface area contributed by atoms with E-state index >= 15 is 0 Å². The van der Waals surface area contributed by atoms with Crippen LogP contribution >= 0.6 is 0 Å². The first-order valence-corrected chi connectivity index (χ1v) is 5.31. The predicted octanol–water partition coefficient (Wildman–Crippen LogP) is 2.68. The highest BCUT2D eigenvalue weighted by molar-refractivity contribution is 5.78. The molecule has 0 unspecified atom stereocenters. The molecule has 0 N–H and O–H groups in total. The molecule has 78 valence electrons. The lowest BCUT2D eigenvalue weighted by atomic mass is 10.1. The molecular formula is C11H23NO. The predicted molar refractivity (Wildman–Crippen MR) is 56.6 cm³/mol. The Labute approximate surface area is 82.3 Å². The molecule has 0 aliphatic carbocycles. The second kappa shape index (κ2) is 6.01. The Morgan fingerprint density at radius 2 is 1.77 bits per heavy atom. The molecule has 13 heavy (non-hydrogen) atoms. The maximum Gasteiger partial charge on any atom is 0.225 e. The fraction of sp³-hybridized carbons (Fsp3) is 0.909. The maximum atomic E-state index is 11.7. The Bertz CT molecular complexity index is 152. The van der Waals surface area contributed by atoms with E-state index in [1.165, 1.54) is 0 Å². The minimum Gasteiger partial charge on any atom is -0.340 e. The summed E-state index contributed by atoms with van der Waals surface area (Å²) < 4.78 is 0. The Morgan fingerprint density at radius 3 is 2.08 bits per heavy atom. The van der Waals surface area contributed by atoms with Crippen LogP contribution in [0.3, 0.4) is 0 Å². The zero-order valence-electron chi connectivity index (χ0n) is 9.63. The van der Waals surface area contributed by atoms with Gasteiger partial charge in [-0.15, -0.1) is 0 Å². The molecule has 0 fully saturated rings. The topological polar surface area (TPSA) is 20.3 Å². The van der Waals surface area contributed by atoms with Gasteiger partial charge in [0.1, 0.15) is 0 Å². The molecule has 0 atom stereocenters. The average Bonchev–Trinajstić information content (AvgIpc) is 2.04. The van der Waals surface area contributed by atoms with Crippen molar-refractivity contribution in [1.29, 1.82) is 0 Å². The van der Waals surface area contributed by atoms with E-state index < -0.39 is 0 Å². The molecule has 1 amide bonds. The van der Waals surface area contributed by atoms with Crippen LogP contribution in [0.5, 0.6) is 0 Å². The van der Waals surface area contributed by atoms with Crippen molar-refractivity contribution in [2.45, 2.75) is 53.5 Å². The first kappa shape index (κ1) is 12.5. The third-order valence-corrected chi connectivity index (χ3v) is 2.15. The fourth-order valence-electron chi connectivity index (χ4n) is 1.28. The lowest BCUT2D eigenvalue weighted by molar-refractivity contribution is -0.136. The summed E-state index contributed by atoms with van der Waals surface area (Å²) in [6.07, 6.45) is 2.26. The van der Waals surface area contributed by atoms with Gasteiger partial charge < -0.3 is 4.90 Å². The van der Waals surface area contributed by atoms with Gasteiger partial charge in [-0.25, -0.2) is 0 Å². The number of hydrogen-bond donors (Lipinski definition) is 0. The third-order valence-electron chi connectivity index (χ3n) is 2.15. The first-order valence-electron chi connectivity index (χ1n) is 5.31. The minimum absolute atomic E-state index is 0.124. The lowest BCUT2D eigenvalue weighted by Gasteiger charge is -2.28. The first-order chi connectivity index (χ1) is 6.00. The van der Waals surface area contributed by atoms with E-state index in [1.54, 1.807) is 0 Å². The summed E-state index contributed by atoms with van der Waals surface area (Å²) >= 11 is 0.